The standard InChI is InChI=1S/C13H18N2O3/c14-12-5-4-10(17)8-11(12)13(18)15(6-7-16)9-2-1-3-9/h4-5,8-9,16-17H,1-3,6-7,14H2. The van der Waals surface area contributed by atoms with Gasteiger partial charge < -0.3 is 20.8 Å². The lowest BCUT2D eigenvalue weighted by Gasteiger charge is -2.37. The minimum Gasteiger partial charge on any atom is -0.508 e. The first-order chi connectivity index (χ1) is 8.63. The van der Waals surface area contributed by atoms with Gasteiger partial charge >= 0.3 is 0 Å². The minimum absolute atomic E-state index is 0.0186. The van der Waals surface area contributed by atoms with Crippen molar-refractivity contribution in [1.82, 2.24) is 4.90 Å². The largest absolute Gasteiger partial charge is 0.508 e. The second kappa shape index (κ2) is 5.27. The van der Waals surface area contributed by atoms with Gasteiger partial charge in [0.15, 0.2) is 0 Å². The van der Waals surface area contributed by atoms with E-state index < -0.39 is 0 Å². The number of nitrogens with two attached hydrogens (primary N) is 1. The molecule has 5 heteroatoms. The number of aliphatic hydroxyl groups excluding tert-OH is 1. The van der Waals surface area contributed by atoms with Crippen LogP contribution in [0, 0.1) is 0 Å². The number of hydrogen-bond acceptors (Lipinski definition) is 4. The van der Waals surface area contributed by atoms with E-state index in [2.05, 4.69) is 0 Å². The number of benzene rings is 1. The van der Waals surface area contributed by atoms with E-state index in [4.69, 9.17) is 10.8 Å². The molecule has 0 heterocycles. The summed E-state index contributed by atoms with van der Waals surface area (Å²) in [6.45, 7) is 0.236. The molecular formula is C13H18N2O3. The molecule has 1 amide bonds. The average molecular weight is 250 g/mol. The number of nitrogen functional groups attached to an aromatic ring is 1. The molecule has 98 valence electrons. The SMILES string of the molecule is Nc1ccc(O)cc1C(=O)N(CCO)C1CCC1. The number of phenols is 1. The summed E-state index contributed by atoms with van der Waals surface area (Å²) in [7, 11) is 0. The first-order valence-corrected chi connectivity index (χ1v) is 6.14. The Bertz CT molecular complexity index is 444. The highest BCUT2D eigenvalue weighted by Gasteiger charge is 2.29. The van der Waals surface area contributed by atoms with Gasteiger partial charge in [-0.15, -0.1) is 0 Å². The van der Waals surface area contributed by atoms with Crippen molar-refractivity contribution in [3.63, 3.8) is 0 Å². The quantitative estimate of drug-likeness (QED) is 0.548. The molecule has 1 aromatic rings. The van der Waals surface area contributed by atoms with E-state index in [0.29, 0.717) is 17.8 Å². The number of aromatic hydroxyl groups is 1. The van der Waals surface area contributed by atoms with Crippen LogP contribution in [-0.4, -0.2) is 40.2 Å². The second-order valence-corrected chi connectivity index (χ2v) is 4.58. The van der Waals surface area contributed by atoms with Gasteiger partial charge in [0, 0.05) is 18.3 Å². The number of hydrogen-bond donors (Lipinski definition) is 3. The Hall–Kier alpha value is -1.75. The van der Waals surface area contributed by atoms with Crippen LogP contribution >= 0.6 is 0 Å². The highest BCUT2D eigenvalue weighted by molar-refractivity contribution is 5.99. The molecule has 0 aliphatic heterocycles. The summed E-state index contributed by atoms with van der Waals surface area (Å²) in [5.41, 5.74) is 6.41. The molecule has 0 spiro atoms. The molecule has 1 fully saturated rings. The molecule has 4 N–H and O–H groups in total. The summed E-state index contributed by atoms with van der Waals surface area (Å²) < 4.78 is 0. The van der Waals surface area contributed by atoms with Crippen LogP contribution in [0.2, 0.25) is 0 Å². The van der Waals surface area contributed by atoms with E-state index in [1.54, 1.807) is 4.90 Å². The van der Waals surface area contributed by atoms with Crippen LogP contribution in [0.4, 0.5) is 5.69 Å². The van der Waals surface area contributed by atoms with Crippen LogP contribution in [0.25, 0.3) is 0 Å². The number of rotatable bonds is 4. The van der Waals surface area contributed by atoms with Gasteiger partial charge in [-0.3, -0.25) is 4.79 Å². The fourth-order valence-electron chi connectivity index (χ4n) is 2.14. The molecule has 1 aliphatic carbocycles. The smallest absolute Gasteiger partial charge is 0.256 e. The van der Waals surface area contributed by atoms with Crippen molar-refractivity contribution in [3.05, 3.63) is 23.8 Å². The van der Waals surface area contributed by atoms with Crippen LogP contribution in [0.15, 0.2) is 18.2 Å². The number of carbonyl (C=O) groups excluding carboxylic acids is 1. The highest BCUT2D eigenvalue weighted by Crippen LogP contribution is 2.28. The van der Waals surface area contributed by atoms with Crippen molar-refractivity contribution < 1.29 is 15.0 Å². The number of phenolic OH excluding ortho intramolecular Hbond substituents is 1. The van der Waals surface area contributed by atoms with Crippen molar-refractivity contribution in [3.8, 4) is 5.75 Å². The van der Waals surface area contributed by atoms with Gasteiger partial charge in [-0.1, -0.05) is 0 Å². The van der Waals surface area contributed by atoms with Crippen LogP contribution in [-0.2, 0) is 0 Å². The Morgan fingerprint density at radius 1 is 1.44 bits per heavy atom. The van der Waals surface area contributed by atoms with Crippen molar-refractivity contribution in [2.45, 2.75) is 25.3 Å². The van der Waals surface area contributed by atoms with E-state index in [-0.39, 0.29) is 24.3 Å². The van der Waals surface area contributed by atoms with Gasteiger partial charge in [-0.25, -0.2) is 0 Å². The number of anilines is 1. The van der Waals surface area contributed by atoms with Crippen molar-refractivity contribution >= 4 is 11.6 Å². The highest BCUT2D eigenvalue weighted by atomic mass is 16.3. The van der Waals surface area contributed by atoms with Crippen LogP contribution in [0.1, 0.15) is 29.6 Å². The molecule has 2 rings (SSSR count). The van der Waals surface area contributed by atoms with E-state index in [9.17, 15) is 9.90 Å². The third-order valence-corrected chi connectivity index (χ3v) is 3.38. The van der Waals surface area contributed by atoms with Crippen molar-refractivity contribution in [2.75, 3.05) is 18.9 Å². The lowest BCUT2D eigenvalue weighted by atomic mass is 9.91. The molecule has 0 aromatic heterocycles. The zero-order chi connectivity index (χ0) is 13.1. The zero-order valence-corrected chi connectivity index (χ0v) is 10.2. The summed E-state index contributed by atoms with van der Waals surface area (Å²) in [5, 5.41) is 18.5. The maximum absolute atomic E-state index is 12.4. The van der Waals surface area contributed by atoms with E-state index in [0.717, 1.165) is 19.3 Å². The fraction of sp³-hybridized carbons (Fsp3) is 0.462. The van der Waals surface area contributed by atoms with Gasteiger partial charge in [0.2, 0.25) is 0 Å². The van der Waals surface area contributed by atoms with Gasteiger partial charge in [-0.05, 0) is 37.5 Å². The van der Waals surface area contributed by atoms with Crippen molar-refractivity contribution in [1.29, 1.82) is 0 Å². The van der Waals surface area contributed by atoms with Gasteiger partial charge in [0.1, 0.15) is 5.75 Å². The Labute approximate surface area is 106 Å². The molecule has 5 nitrogen and oxygen atoms in total. The van der Waals surface area contributed by atoms with Crippen molar-refractivity contribution in [2.24, 2.45) is 0 Å². The van der Waals surface area contributed by atoms with E-state index in [1.807, 2.05) is 0 Å². The summed E-state index contributed by atoms with van der Waals surface area (Å²) in [6.07, 6.45) is 3.03. The predicted molar refractivity (Wildman–Crippen MR) is 68.3 cm³/mol. The lowest BCUT2D eigenvalue weighted by Crippen LogP contribution is -2.45. The van der Waals surface area contributed by atoms with E-state index in [1.165, 1.54) is 18.2 Å². The van der Waals surface area contributed by atoms with Gasteiger partial charge in [-0.2, -0.15) is 0 Å². The molecule has 0 radical (unpaired) electrons. The predicted octanol–water partition coefficient (Wildman–Crippen LogP) is 0.961. The monoisotopic (exact) mass is 250 g/mol. The Balaban J connectivity index is 2.23. The molecule has 0 bridgehead atoms. The fourth-order valence-corrected chi connectivity index (χ4v) is 2.14. The molecule has 1 saturated carbocycles. The lowest BCUT2D eigenvalue weighted by molar-refractivity contribution is 0.0526. The first-order valence-electron chi connectivity index (χ1n) is 6.14. The molecule has 0 atom stereocenters. The van der Waals surface area contributed by atoms with Gasteiger partial charge in [0.05, 0.1) is 12.2 Å². The Kier molecular flexibility index (Phi) is 3.72. The average Bonchev–Trinajstić information content (AvgIpc) is 2.28. The molecule has 0 unspecified atom stereocenters. The second-order valence-electron chi connectivity index (χ2n) is 4.58. The van der Waals surface area contributed by atoms with E-state index >= 15 is 0 Å². The summed E-state index contributed by atoms with van der Waals surface area (Å²) in [4.78, 5) is 14.0. The molecule has 0 saturated heterocycles. The van der Waals surface area contributed by atoms with Crippen LogP contribution in [0.5, 0.6) is 5.75 Å². The summed E-state index contributed by atoms with van der Waals surface area (Å²) in [6, 6.07) is 4.53. The molecule has 1 aromatic carbocycles. The van der Waals surface area contributed by atoms with Crippen LogP contribution < -0.4 is 5.73 Å². The number of nitrogens with zero attached hydrogens (tertiary/aromatic N) is 1. The number of carbonyl (C=O) groups is 1. The third kappa shape index (κ3) is 2.41. The Morgan fingerprint density at radius 3 is 2.72 bits per heavy atom. The third-order valence-electron chi connectivity index (χ3n) is 3.38. The number of amides is 1. The molecule has 1 aliphatic rings. The normalized spacial score (nSPS) is 15.2. The summed E-state index contributed by atoms with van der Waals surface area (Å²) >= 11 is 0. The Morgan fingerprint density at radius 2 is 2.17 bits per heavy atom. The molecule has 18 heavy (non-hydrogen) atoms. The molecular weight excluding hydrogens is 232 g/mol. The number of aliphatic hydroxyl groups is 1. The summed E-state index contributed by atoms with van der Waals surface area (Å²) in [5.74, 6) is -0.202. The maximum Gasteiger partial charge on any atom is 0.256 e. The van der Waals surface area contributed by atoms with Crippen LogP contribution in [0.3, 0.4) is 0 Å². The topological polar surface area (TPSA) is 86.8 Å². The minimum atomic E-state index is -0.220. The van der Waals surface area contributed by atoms with Gasteiger partial charge in [0.25, 0.3) is 5.91 Å². The first kappa shape index (κ1) is 12.7. The maximum atomic E-state index is 12.4. The zero-order valence-electron chi connectivity index (χ0n) is 10.2.